The lowest BCUT2D eigenvalue weighted by Gasteiger charge is -2.22. The largest absolute Gasteiger partial charge is 0.466 e. The van der Waals surface area contributed by atoms with Gasteiger partial charge in [0, 0.05) is 31.4 Å². The molecule has 2 fully saturated rings. The van der Waals surface area contributed by atoms with E-state index in [0.717, 1.165) is 48.3 Å². The summed E-state index contributed by atoms with van der Waals surface area (Å²) in [4.78, 5) is 14.6. The van der Waals surface area contributed by atoms with Crippen molar-refractivity contribution >= 4 is 5.91 Å². The highest BCUT2D eigenvalue weighted by Gasteiger charge is 2.36. The van der Waals surface area contributed by atoms with E-state index in [2.05, 4.69) is 18.1 Å². The van der Waals surface area contributed by atoms with E-state index in [0.29, 0.717) is 18.8 Å². The molecular formula is C19H24N2O3. The summed E-state index contributed by atoms with van der Waals surface area (Å²) in [6, 6.07) is 6.10. The Bertz CT molecular complexity index is 733. The minimum absolute atomic E-state index is 0.0643. The van der Waals surface area contributed by atoms with Gasteiger partial charge in [0.25, 0.3) is 0 Å². The Morgan fingerprint density at radius 3 is 2.96 bits per heavy atom. The van der Waals surface area contributed by atoms with Crippen LogP contribution in [0.2, 0.25) is 0 Å². The minimum Gasteiger partial charge on any atom is -0.466 e. The maximum Gasteiger partial charge on any atom is 0.223 e. The molecule has 24 heavy (non-hydrogen) atoms. The number of likely N-dealkylation sites (tertiary alicyclic amines) is 1. The van der Waals surface area contributed by atoms with Crippen LogP contribution < -0.4 is 0 Å². The van der Waals surface area contributed by atoms with Crippen molar-refractivity contribution in [2.75, 3.05) is 6.54 Å². The first-order valence-electron chi connectivity index (χ1n) is 8.93. The Morgan fingerprint density at radius 2 is 2.25 bits per heavy atom. The van der Waals surface area contributed by atoms with E-state index in [9.17, 15) is 4.79 Å². The second-order valence-corrected chi connectivity index (χ2v) is 7.23. The van der Waals surface area contributed by atoms with Gasteiger partial charge >= 0.3 is 0 Å². The van der Waals surface area contributed by atoms with E-state index < -0.39 is 0 Å². The highest BCUT2D eigenvalue weighted by molar-refractivity contribution is 5.77. The van der Waals surface area contributed by atoms with Crippen LogP contribution in [0.1, 0.15) is 67.5 Å². The molecule has 1 amide bonds. The van der Waals surface area contributed by atoms with Crippen molar-refractivity contribution in [1.29, 1.82) is 0 Å². The van der Waals surface area contributed by atoms with Crippen molar-refractivity contribution in [3.63, 3.8) is 0 Å². The van der Waals surface area contributed by atoms with Gasteiger partial charge in [-0.15, -0.1) is 0 Å². The summed E-state index contributed by atoms with van der Waals surface area (Å²) in [6.45, 7) is 4.93. The van der Waals surface area contributed by atoms with Gasteiger partial charge in [-0.1, -0.05) is 12.1 Å². The first-order valence-corrected chi connectivity index (χ1v) is 8.93. The third-order valence-corrected chi connectivity index (χ3v) is 5.30. The topological polar surface area (TPSA) is 59.5 Å². The number of hydrogen-bond acceptors (Lipinski definition) is 4. The van der Waals surface area contributed by atoms with E-state index >= 15 is 0 Å². The lowest BCUT2D eigenvalue weighted by Crippen LogP contribution is -2.30. The molecule has 128 valence electrons. The number of aromatic nitrogens is 1. The summed E-state index contributed by atoms with van der Waals surface area (Å²) < 4.78 is 11.1. The van der Waals surface area contributed by atoms with Crippen LogP contribution >= 0.6 is 0 Å². The number of amides is 1. The van der Waals surface area contributed by atoms with Gasteiger partial charge in [0.05, 0.1) is 6.04 Å². The van der Waals surface area contributed by atoms with Crippen molar-refractivity contribution in [1.82, 2.24) is 10.1 Å². The number of carbonyl (C=O) groups is 1. The zero-order valence-corrected chi connectivity index (χ0v) is 14.3. The van der Waals surface area contributed by atoms with Gasteiger partial charge in [0.15, 0.2) is 0 Å². The van der Waals surface area contributed by atoms with Crippen molar-refractivity contribution in [3.8, 4) is 0 Å². The van der Waals surface area contributed by atoms with Gasteiger partial charge in [0.2, 0.25) is 5.91 Å². The van der Waals surface area contributed by atoms with Crippen LogP contribution in [0.5, 0.6) is 0 Å². The molecule has 2 aromatic heterocycles. The molecule has 0 bridgehead atoms. The second kappa shape index (κ2) is 6.11. The molecule has 4 rings (SSSR count). The van der Waals surface area contributed by atoms with E-state index in [4.69, 9.17) is 8.94 Å². The monoisotopic (exact) mass is 328 g/mol. The number of furan rings is 1. The third kappa shape index (κ3) is 2.99. The molecule has 1 saturated carbocycles. The van der Waals surface area contributed by atoms with Crippen molar-refractivity contribution < 1.29 is 13.7 Å². The Morgan fingerprint density at radius 1 is 1.42 bits per heavy atom. The Kier molecular flexibility index (Phi) is 3.94. The summed E-state index contributed by atoms with van der Waals surface area (Å²) >= 11 is 0. The number of aryl methyl sites for hydroxylation is 2. The zero-order valence-electron chi connectivity index (χ0n) is 14.3. The highest BCUT2D eigenvalue weighted by atomic mass is 16.5. The third-order valence-electron chi connectivity index (χ3n) is 5.30. The lowest BCUT2D eigenvalue weighted by atomic mass is 10.1. The van der Waals surface area contributed by atoms with Gasteiger partial charge in [0.1, 0.15) is 23.0 Å². The van der Waals surface area contributed by atoms with Crippen LogP contribution in [0.15, 0.2) is 27.1 Å². The van der Waals surface area contributed by atoms with Gasteiger partial charge in [-0.3, -0.25) is 4.79 Å². The first-order chi connectivity index (χ1) is 11.6. The smallest absolute Gasteiger partial charge is 0.223 e. The number of rotatable bonds is 5. The summed E-state index contributed by atoms with van der Waals surface area (Å²) in [5, 5.41) is 4.10. The molecule has 0 spiro atoms. The SMILES string of the molecule is Cc1cc([C@@H]2CCCN2C(=O)CCc2ccc([C@H]3C[C@@H]3C)o2)no1. The van der Waals surface area contributed by atoms with Gasteiger partial charge in [-0.05, 0) is 44.2 Å². The Hall–Kier alpha value is -2.04. The molecule has 1 aliphatic heterocycles. The number of nitrogens with zero attached hydrogens (tertiary/aromatic N) is 2. The molecule has 2 aromatic rings. The fraction of sp³-hybridized carbons (Fsp3) is 0.579. The fourth-order valence-electron chi connectivity index (χ4n) is 3.74. The van der Waals surface area contributed by atoms with E-state index in [1.807, 2.05) is 24.0 Å². The van der Waals surface area contributed by atoms with Crippen LogP contribution in [0.4, 0.5) is 0 Å². The standard InChI is InChI=1S/C19H24N2O3/c1-12-10-15(12)18-7-5-14(23-18)6-8-19(22)21-9-3-4-17(21)16-11-13(2)24-20-16/h5,7,11-12,15,17H,3-4,6,8-10H2,1-2H3/t12-,15-,17-/m0/s1. The summed E-state index contributed by atoms with van der Waals surface area (Å²) in [5.74, 6) is 4.31. The van der Waals surface area contributed by atoms with Gasteiger partial charge < -0.3 is 13.8 Å². The van der Waals surface area contributed by atoms with Crippen LogP contribution in [0, 0.1) is 12.8 Å². The van der Waals surface area contributed by atoms with E-state index in [1.165, 1.54) is 6.42 Å². The fourth-order valence-corrected chi connectivity index (χ4v) is 3.74. The van der Waals surface area contributed by atoms with Crippen LogP contribution in [-0.4, -0.2) is 22.5 Å². The van der Waals surface area contributed by atoms with E-state index in [-0.39, 0.29) is 11.9 Å². The molecule has 3 atom stereocenters. The van der Waals surface area contributed by atoms with Crippen LogP contribution in [0.3, 0.4) is 0 Å². The maximum absolute atomic E-state index is 12.6. The van der Waals surface area contributed by atoms with Crippen molar-refractivity contribution in [2.45, 2.75) is 57.9 Å². The molecule has 3 heterocycles. The number of carbonyl (C=O) groups excluding carboxylic acids is 1. The zero-order chi connectivity index (χ0) is 16.7. The summed E-state index contributed by atoms with van der Waals surface area (Å²) in [6.07, 6.45) is 4.36. The molecule has 5 nitrogen and oxygen atoms in total. The highest BCUT2D eigenvalue weighted by Crippen LogP contribution is 2.47. The molecule has 0 radical (unpaired) electrons. The molecule has 5 heteroatoms. The lowest BCUT2D eigenvalue weighted by molar-refractivity contribution is -0.132. The Balaban J connectivity index is 1.36. The van der Waals surface area contributed by atoms with Gasteiger partial charge in [-0.2, -0.15) is 0 Å². The quantitative estimate of drug-likeness (QED) is 0.832. The predicted molar refractivity (Wildman–Crippen MR) is 88.5 cm³/mol. The molecule has 0 unspecified atom stereocenters. The van der Waals surface area contributed by atoms with Crippen molar-refractivity contribution in [2.24, 2.45) is 5.92 Å². The van der Waals surface area contributed by atoms with Gasteiger partial charge in [-0.25, -0.2) is 0 Å². The first kappa shape index (κ1) is 15.5. The normalized spacial score (nSPS) is 26.1. The molecule has 2 aliphatic rings. The second-order valence-electron chi connectivity index (χ2n) is 7.23. The molecular weight excluding hydrogens is 304 g/mol. The Labute approximate surface area is 142 Å². The van der Waals surface area contributed by atoms with Crippen LogP contribution in [-0.2, 0) is 11.2 Å². The average Bonchev–Trinajstić information content (AvgIpc) is 3.03. The summed E-state index contributed by atoms with van der Waals surface area (Å²) in [7, 11) is 0. The number of hydrogen-bond donors (Lipinski definition) is 0. The maximum atomic E-state index is 12.6. The summed E-state index contributed by atoms with van der Waals surface area (Å²) in [5.41, 5.74) is 0.876. The average molecular weight is 328 g/mol. The predicted octanol–water partition coefficient (Wildman–Crippen LogP) is 4.00. The van der Waals surface area contributed by atoms with Crippen molar-refractivity contribution in [3.05, 3.63) is 41.2 Å². The van der Waals surface area contributed by atoms with E-state index in [1.54, 1.807) is 0 Å². The minimum atomic E-state index is 0.0643. The molecule has 1 saturated heterocycles. The molecule has 1 aliphatic carbocycles. The van der Waals surface area contributed by atoms with Crippen LogP contribution in [0.25, 0.3) is 0 Å². The molecule has 0 N–H and O–H groups in total. The molecule has 0 aromatic carbocycles.